The molecule has 1 N–H and O–H groups in total. The number of amides is 3. The molecule has 2 aliphatic rings. The second-order valence-corrected chi connectivity index (χ2v) is 7.49. The second-order valence-electron chi connectivity index (χ2n) is 6.43. The van der Waals surface area contributed by atoms with Gasteiger partial charge in [-0.05, 0) is 33.2 Å². The van der Waals surface area contributed by atoms with Crippen LogP contribution in [-0.2, 0) is 11.3 Å². The lowest BCUT2D eigenvalue weighted by Gasteiger charge is -2.39. The van der Waals surface area contributed by atoms with Gasteiger partial charge in [-0.15, -0.1) is 11.3 Å². The fraction of sp³-hybridized carbons (Fsp3) is 0.667. The van der Waals surface area contributed by atoms with Gasteiger partial charge >= 0.3 is 6.03 Å². The van der Waals surface area contributed by atoms with E-state index in [1.807, 2.05) is 13.8 Å². The molecule has 0 spiro atoms. The molecular formula is C15H22N4O2S. The van der Waals surface area contributed by atoms with Gasteiger partial charge in [0.25, 0.3) is 5.91 Å². The molecule has 7 heteroatoms. The van der Waals surface area contributed by atoms with Gasteiger partial charge in [0, 0.05) is 31.4 Å². The first-order valence-corrected chi connectivity index (χ1v) is 8.52. The van der Waals surface area contributed by atoms with Crippen molar-refractivity contribution in [2.75, 3.05) is 20.1 Å². The van der Waals surface area contributed by atoms with E-state index in [-0.39, 0.29) is 17.9 Å². The van der Waals surface area contributed by atoms with E-state index in [2.05, 4.69) is 20.6 Å². The summed E-state index contributed by atoms with van der Waals surface area (Å²) in [5, 5.41) is 6.06. The lowest BCUT2D eigenvalue weighted by molar-refractivity contribution is -0.132. The first-order valence-electron chi connectivity index (χ1n) is 7.64. The predicted molar refractivity (Wildman–Crippen MR) is 84.6 cm³/mol. The number of carbonyl (C=O) groups excluding carboxylic acids is 2. The number of rotatable bonds is 3. The number of thiazole rings is 1. The van der Waals surface area contributed by atoms with Gasteiger partial charge in [0.1, 0.15) is 5.54 Å². The van der Waals surface area contributed by atoms with Crippen LogP contribution in [0.4, 0.5) is 4.79 Å². The largest absolute Gasteiger partial charge is 0.324 e. The molecule has 0 radical (unpaired) electrons. The zero-order valence-corrected chi connectivity index (χ0v) is 14.1. The molecule has 3 amide bonds. The van der Waals surface area contributed by atoms with Crippen molar-refractivity contribution in [1.29, 1.82) is 0 Å². The van der Waals surface area contributed by atoms with Crippen LogP contribution < -0.4 is 5.32 Å². The van der Waals surface area contributed by atoms with Gasteiger partial charge in [-0.1, -0.05) is 0 Å². The quantitative estimate of drug-likeness (QED) is 0.859. The highest BCUT2D eigenvalue weighted by Gasteiger charge is 2.51. The van der Waals surface area contributed by atoms with Crippen molar-refractivity contribution in [2.45, 2.75) is 38.8 Å². The molecule has 3 heterocycles. The number of aryl methyl sites for hydroxylation is 1. The van der Waals surface area contributed by atoms with Gasteiger partial charge in [0.05, 0.1) is 10.7 Å². The molecule has 2 fully saturated rings. The van der Waals surface area contributed by atoms with Crippen LogP contribution in [0.1, 0.15) is 30.5 Å². The van der Waals surface area contributed by atoms with Crippen LogP contribution in [0.5, 0.6) is 0 Å². The van der Waals surface area contributed by atoms with Crippen molar-refractivity contribution >= 4 is 23.3 Å². The smallest absolute Gasteiger partial charge is 0.323 e. The molecule has 2 aliphatic heterocycles. The molecule has 2 saturated heterocycles. The predicted octanol–water partition coefficient (Wildman–Crippen LogP) is 1.60. The molecule has 0 aliphatic carbocycles. The van der Waals surface area contributed by atoms with Crippen molar-refractivity contribution in [3.63, 3.8) is 0 Å². The number of carbonyl (C=O) groups is 2. The number of aromatic nitrogens is 1. The Hall–Kier alpha value is -1.47. The normalized spacial score (nSPS) is 30.0. The monoisotopic (exact) mass is 322 g/mol. The molecule has 120 valence electrons. The van der Waals surface area contributed by atoms with Crippen LogP contribution in [0.15, 0.2) is 5.38 Å². The lowest BCUT2D eigenvalue weighted by atomic mass is 9.80. The van der Waals surface area contributed by atoms with Gasteiger partial charge in [-0.2, -0.15) is 0 Å². The summed E-state index contributed by atoms with van der Waals surface area (Å²) >= 11 is 1.66. The summed E-state index contributed by atoms with van der Waals surface area (Å²) in [5.74, 6) is 0.0243. The SMILES string of the molecule is Cc1nc(CN2CCC[C@@H]([C@@]3(C)NC(=O)N(C)C3=O)C2)cs1. The van der Waals surface area contributed by atoms with Crippen LogP contribution >= 0.6 is 11.3 Å². The van der Waals surface area contributed by atoms with E-state index < -0.39 is 5.54 Å². The molecule has 0 bridgehead atoms. The zero-order chi connectivity index (χ0) is 15.9. The molecule has 0 unspecified atom stereocenters. The Labute approximate surface area is 134 Å². The van der Waals surface area contributed by atoms with Crippen LogP contribution in [0.25, 0.3) is 0 Å². The molecule has 1 aromatic rings. The minimum atomic E-state index is -0.775. The molecule has 22 heavy (non-hydrogen) atoms. The Morgan fingerprint density at radius 3 is 2.86 bits per heavy atom. The van der Waals surface area contributed by atoms with Crippen molar-refractivity contribution in [3.05, 3.63) is 16.1 Å². The van der Waals surface area contributed by atoms with Gasteiger partial charge in [0.15, 0.2) is 0 Å². The summed E-state index contributed by atoms with van der Waals surface area (Å²) in [7, 11) is 1.54. The Morgan fingerprint density at radius 2 is 2.27 bits per heavy atom. The maximum absolute atomic E-state index is 12.4. The van der Waals surface area contributed by atoms with E-state index in [0.29, 0.717) is 0 Å². The maximum atomic E-state index is 12.4. The fourth-order valence-electron chi connectivity index (χ4n) is 3.46. The van der Waals surface area contributed by atoms with Gasteiger partial charge in [-0.3, -0.25) is 14.6 Å². The first-order chi connectivity index (χ1) is 10.4. The number of nitrogens with zero attached hydrogens (tertiary/aromatic N) is 3. The Bertz CT molecular complexity index is 602. The third kappa shape index (κ3) is 2.63. The molecule has 0 saturated carbocycles. The van der Waals surface area contributed by atoms with E-state index in [1.165, 1.54) is 4.90 Å². The van der Waals surface area contributed by atoms with Crippen LogP contribution in [0.2, 0.25) is 0 Å². The highest BCUT2D eigenvalue weighted by Crippen LogP contribution is 2.32. The van der Waals surface area contributed by atoms with Crippen LogP contribution in [0, 0.1) is 12.8 Å². The van der Waals surface area contributed by atoms with Gasteiger partial charge in [0.2, 0.25) is 0 Å². The summed E-state index contributed by atoms with van der Waals surface area (Å²) in [6.07, 6.45) is 2.00. The van der Waals surface area contributed by atoms with E-state index in [0.717, 1.165) is 43.2 Å². The topological polar surface area (TPSA) is 65.5 Å². The number of hydrogen-bond acceptors (Lipinski definition) is 5. The number of hydrogen-bond donors (Lipinski definition) is 1. The number of imide groups is 1. The average molecular weight is 322 g/mol. The third-order valence-corrected chi connectivity index (χ3v) is 5.62. The number of likely N-dealkylation sites (tertiary alicyclic amines) is 1. The zero-order valence-electron chi connectivity index (χ0n) is 13.3. The van der Waals surface area contributed by atoms with E-state index >= 15 is 0 Å². The van der Waals surface area contributed by atoms with Crippen molar-refractivity contribution in [2.24, 2.45) is 5.92 Å². The standard InChI is InChI=1S/C15H22N4O2S/c1-10-16-12(9-22-10)8-19-6-4-5-11(7-19)15(2)13(20)18(3)14(21)17-15/h9,11H,4-8H2,1-3H3,(H,17,21)/t11-,15-/m1/s1. The Kier molecular flexibility index (Phi) is 3.94. The van der Waals surface area contributed by atoms with Crippen molar-refractivity contribution in [3.8, 4) is 0 Å². The summed E-state index contributed by atoms with van der Waals surface area (Å²) < 4.78 is 0. The maximum Gasteiger partial charge on any atom is 0.324 e. The highest BCUT2D eigenvalue weighted by atomic mass is 32.1. The average Bonchev–Trinajstić information content (AvgIpc) is 2.98. The number of urea groups is 1. The molecule has 2 atom stereocenters. The first kappa shape index (κ1) is 15.4. The summed E-state index contributed by atoms with van der Waals surface area (Å²) in [6, 6.07) is -0.292. The number of likely N-dealkylation sites (N-methyl/N-ethyl adjacent to an activating group) is 1. The van der Waals surface area contributed by atoms with Gasteiger partial charge in [-0.25, -0.2) is 9.78 Å². The van der Waals surface area contributed by atoms with E-state index in [1.54, 1.807) is 18.4 Å². The van der Waals surface area contributed by atoms with Crippen molar-refractivity contribution in [1.82, 2.24) is 20.1 Å². The molecule has 1 aromatic heterocycles. The molecule has 0 aromatic carbocycles. The highest BCUT2D eigenvalue weighted by molar-refractivity contribution is 7.09. The third-order valence-electron chi connectivity index (χ3n) is 4.79. The summed E-state index contributed by atoms with van der Waals surface area (Å²) in [6.45, 7) is 6.51. The van der Waals surface area contributed by atoms with Crippen LogP contribution in [-0.4, -0.2) is 52.4 Å². The fourth-order valence-corrected chi connectivity index (χ4v) is 4.06. The van der Waals surface area contributed by atoms with E-state index in [4.69, 9.17) is 0 Å². The summed E-state index contributed by atoms with van der Waals surface area (Å²) in [5.41, 5.74) is 0.315. The molecule has 3 rings (SSSR count). The Morgan fingerprint density at radius 1 is 1.50 bits per heavy atom. The van der Waals surface area contributed by atoms with Crippen LogP contribution in [0.3, 0.4) is 0 Å². The second kappa shape index (κ2) is 5.62. The minimum absolute atomic E-state index is 0.117. The van der Waals surface area contributed by atoms with Gasteiger partial charge < -0.3 is 5.32 Å². The van der Waals surface area contributed by atoms with Crippen molar-refractivity contribution < 1.29 is 9.59 Å². The minimum Gasteiger partial charge on any atom is -0.323 e. The number of nitrogens with one attached hydrogen (secondary N) is 1. The lowest BCUT2D eigenvalue weighted by Crippen LogP contribution is -2.55. The summed E-state index contributed by atoms with van der Waals surface area (Å²) in [4.78, 5) is 32.3. The molecule has 6 nitrogen and oxygen atoms in total. The number of piperidine rings is 1. The van der Waals surface area contributed by atoms with E-state index in [9.17, 15) is 9.59 Å². The Balaban J connectivity index is 1.70. The molecular weight excluding hydrogens is 300 g/mol.